The smallest absolute Gasteiger partial charge is 0.175 e. The monoisotopic (exact) mass is 311 g/mol. The van der Waals surface area contributed by atoms with Crippen LogP contribution in [0, 0.1) is 5.92 Å². The Morgan fingerprint density at radius 2 is 1.81 bits per heavy atom. The van der Waals surface area contributed by atoms with Crippen LogP contribution >= 0.6 is 0 Å². The molecule has 0 saturated heterocycles. The Morgan fingerprint density at radius 3 is 2.33 bits per heavy atom. The summed E-state index contributed by atoms with van der Waals surface area (Å²) in [5.74, 6) is 0.759. The topological polar surface area (TPSA) is 57.6 Å². The number of rotatable bonds is 6. The summed E-state index contributed by atoms with van der Waals surface area (Å²) in [6.45, 7) is 1.60. The quantitative estimate of drug-likeness (QED) is 0.875. The molecule has 2 rings (SSSR count). The van der Waals surface area contributed by atoms with Gasteiger partial charge in [0.2, 0.25) is 0 Å². The van der Waals surface area contributed by atoms with Crippen molar-refractivity contribution in [3.63, 3.8) is 0 Å². The summed E-state index contributed by atoms with van der Waals surface area (Å²) >= 11 is 0. The fourth-order valence-corrected chi connectivity index (χ4v) is 3.68. The summed E-state index contributed by atoms with van der Waals surface area (Å²) in [7, 11) is -1.14. The minimum atomic E-state index is -3.18. The number of hydrogen-bond donors (Lipinski definition) is 1. The van der Waals surface area contributed by atoms with Gasteiger partial charge in [-0.15, -0.1) is 0 Å². The third-order valence-corrected chi connectivity index (χ3v) is 5.35. The lowest BCUT2D eigenvalue weighted by Gasteiger charge is -2.23. The summed E-state index contributed by atoms with van der Waals surface area (Å²) in [6.07, 6.45) is 5.85. The van der Waals surface area contributed by atoms with Crippen molar-refractivity contribution in [1.29, 1.82) is 0 Å². The van der Waals surface area contributed by atoms with Gasteiger partial charge in [-0.1, -0.05) is 25.0 Å². The molecule has 1 N–H and O–H groups in total. The normalized spacial score (nSPS) is 18.3. The Hall–Kier alpha value is -0.910. The lowest BCUT2D eigenvalue weighted by atomic mass is 10.1. The fourth-order valence-electron chi connectivity index (χ4n) is 3.05. The molecule has 21 heavy (non-hydrogen) atoms. The zero-order valence-electron chi connectivity index (χ0n) is 12.8. The summed E-state index contributed by atoms with van der Waals surface area (Å²) in [5.41, 5.74) is 0.765. The average Bonchev–Trinajstić information content (AvgIpc) is 2.90. The lowest BCUT2D eigenvalue weighted by molar-refractivity contribution is 0.118. The van der Waals surface area contributed by atoms with Crippen LogP contribution < -0.4 is 0 Å². The van der Waals surface area contributed by atoms with Crippen LogP contribution in [0.15, 0.2) is 29.2 Å². The Kier molecular flexibility index (Phi) is 5.41. The molecule has 0 heterocycles. The van der Waals surface area contributed by atoms with E-state index in [2.05, 4.69) is 4.90 Å². The second-order valence-electron chi connectivity index (χ2n) is 6.23. The van der Waals surface area contributed by atoms with Crippen molar-refractivity contribution < 1.29 is 13.5 Å². The molecule has 0 amide bonds. The highest BCUT2D eigenvalue weighted by molar-refractivity contribution is 7.90. The maximum absolute atomic E-state index is 11.4. The Balaban J connectivity index is 1.91. The first kappa shape index (κ1) is 16.5. The summed E-state index contributed by atoms with van der Waals surface area (Å²) in [5, 5.41) is 10.3. The number of aliphatic hydroxyl groups excluding tert-OH is 1. The van der Waals surface area contributed by atoms with Crippen molar-refractivity contribution in [3.8, 4) is 0 Å². The van der Waals surface area contributed by atoms with Crippen molar-refractivity contribution in [3.05, 3.63) is 29.8 Å². The molecule has 1 unspecified atom stereocenters. The van der Waals surface area contributed by atoms with E-state index >= 15 is 0 Å². The molecular formula is C16H25NO3S. The molecule has 0 aliphatic heterocycles. The maximum atomic E-state index is 11.4. The number of benzene rings is 1. The van der Waals surface area contributed by atoms with Crippen molar-refractivity contribution >= 4 is 9.84 Å². The predicted octanol–water partition coefficient (Wildman–Crippen LogP) is 2.25. The van der Waals surface area contributed by atoms with Gasteiger partial charge in [-0.05, 0) is 43.5 Å². The minimum Gasteiger partial charge on any atom is -0.387 e. The molecule has 5 heteroatoms. The van der Waals surface area contributed by atoms with Gasteiger partial charge in [-0.25, -0.2) is 8.42 Å². The average molecular weight is 311 g/mol. The minimum absolute atomic E-state index is 0.290. The van der Waals surface area contributed by atoms with Crippen LogP contribution in [0.4, 0.5) is 0 Å². The van der Waals surface area contributed by atoms with Gasteiger partial charge in [0, 0.05) is 19.3 Å². The van der Waals surface area contributed by atoms with Crippen LogP contribution in [0.25, 0.3) is 0 Å². The third kappa shape index (κ3) is 4.80. The molecule has 1 saturated carbocycles. The zero-order chi connectivity index (χ0) is 15.5. The zero-order valence-corrected chi connectivity index (χ0v) is 13.6. The maximum Gasteiger partial charge on any atom is 0.175 e. The third-order valence-electron chi connectivity index (χ3n) is 4.22. The molecule has 118 valence electrons. The molecule has 1 atom stereocenters. The standard InChI is InChI=1S/C16H25NO3S/c1-17(11-13-5-3-4-6-13)12-16(18)14-7-9-15(10-8-14)21(2,19)20/h7-10,13,16,18H,3-6,11-12H2,1-2H3. The van der Waals surface area contributed by atoms with E-state index in [1.807, 2.05) is 7.05 Å². The first-order valence-electron chi connectivity index (χ1n) is 7.53. The van der Waals surface area contributed by atoms with Crippen molar-refractivity contribution in [2.75, 3.05) is 26.4 Å². The van der Waals surface area contributed by atoms with Gasteiger partial charge in [-0.3, -0.25) is 0 Å². The van der Waals surface area contributed by atoms with E-state index in [0.717, 1.165) is 18.0 Å². The fraction of sp³-hybridized carbons (Fsp3) is 0.625. The van der Waals surface area contributed by atoms with Crippen LogP contribution in [0.2, 0.25) is 0 Å². The lowest BCUT2D eigenvalue weighted by Crippen LogP contribution is -2.29. The number of aliphatic hydroxyl groups is 1. The van der Waals surface area contributed by atoms with Gasteiger partial charge < -0.3 is 10.0 Å². The van der Waals surface area contributed by atoms with Gasteiger partial charge in [0.15, 0.2) is 9.84 Å². The van der Waals surface area contributed by atoms with Gasteiger partial charge in [-0.2, -0.15) is 0 Å². The Bertz CT molecular complexity index is 547. The largest absolute Gasteiger partial charge is 0.387 e. The van der Waals surface area contributed by atoms with Gasteiger partial charge in [0.25, 0.3) is 0 Å². The highest BCUT2D eigenvalue weighted by Gasteiger charge is 2.19. The molecule has 0 aromatic heterocycles. The molecule has 1 aromatic carbocycles. The molecule has 4 nitrogen and oxygen atoms in total. The molecule has 0 bridgehead atoms. The van der Waals surface area contributed by atoms with Gasteiger partial charge >= 0.3 is 0 Å². The van der Waals surface area contributed by atoms with E-state index in [1.165, 1.54) is 31.9 Å². The van der Waals surface area contributed by atoms with Gasteiger partial charge in [0.1, 0.15) is 0 Å². The molecule has 0 radical (unpaired) electrons. The Labute approximate surface area is 127 Å². The highest BCUT2D eigenvalue weighted by atomic mass is 32.2. The van der Waals surface area contributed by atoms with E-state index in [1.54, 1.807) is 24.3 Å². The summed E-state index contributed by atoms with van der Waals surface area (Å²) in [6, 6.07) is 6.52. The predicted molar refractivity (Wildman–Crippen MR) is 84.0 cm³/mol. The Morgan fingerprint density at radius 1 is 1.24 bits per heavy atom. The first-order chi connectivity index (χ1) is 9.86. The summed E-state index contributed by atoms with van der Waals surface area (Å²) < 4.78 is 22.8. The van der Waals surface area contributed by atoms with E-state index in [0.29, 0.717) is 6.54 Å². The SMILES string of the molecule is CN(CC1CCCC1)CC(O)c1ccc(S(C)(=O)=O)cc1. The van der Waals surface area contributed by atoms with E-state index in [9.17, 15) is 13.5 Å². The highest BCUT2D eigenvalue weighted by Crippen LogP contribution is 2.26. The van der Waals surface area contributed by atoms with Crippen LogP contribution in [-0.2, 0) is 9.84 Å². The second kappa shape index (κ2) is 6.90. The van der Waals surface area contributed by atoms with E-state index < -0.39 is 15.9 Å². The van der Waals surface area contributed by atoms with Crippen LogP contribution in [0.3, 0.4) is 0 Å². The van der Waals surface area contributed by atoms with Gasteiger partial charge in [0.05, 0.1) is 11.0 Å². The molecule has 1 aliphatic rings. The number of hydrogen-bond acceptors (Lipinski definition) is 4. The molecule has 1 fully saturated rings. The first-order valence-corrected chi connectivity index (χ1v) is 9.42. The molecule has 1 aromatic rings. The number of sulfone groups is 1. The molecular weight excluding hydrogens is 286 g/mol. The second-order valence-corrected chi connectivity index (χ2v) is 8.24. The van der Waals surface area contributed by atoms with Crippen LogP contribution in [0.5, 0.6) is 0 Å². The van der Waals surface area contributed by atoms with Crippen molar-refractivity contribution in [2.45, 2.75) is 36.7 Å². The molecule has 1 aliphatic carbocycles. The van der Waals surface area contributed by atoms with E-state index in [4.69, 9.17) is 0 Å². The van der Waals surface area contributed by atoms with E-state index in [-0.39, 0.29) is 4.90 Å². The van der Waals surface area contributed by atoms with Crippen molar-refractivity contribution in [2.24, 2.45) is 5.92 Å². The summed E-state index contributed by atoms with van der Waals surface area (Å²) in [4.78, 5) is 2.46. The molecule has 0 spiro atoms. The van der Waals surface area contributed by atoms with Crippen molar-refractivity contribution in [1.82, 2.24) is 4.90 Å². The number of nitrogens with zero attached hydrogens (tertiary/aromatic N) is 1. The number of likely N-dealkylation sites (N-methyl/N-ethyl adjacent to an activating group) is 1. The van der Waals surface area contributed by atoms with Crippen LogP contribution in [-0.4, -0.2) is 44.8 Å². The van der Waals surface area contributed by atoms with Crippen LogP contribution in [0.1, 0.15) is 37.4 Å².